The van der Waals surface area contributed by atoms with Crippen LogP contribution in [0.2, 0.25) is 0 Å². The van der Waals surface area contributed by atoms with Crippen LogP contribution >= 0.6 is 0 Å². The summed E-state index contributed by atoms with van der Waals surface area (Å²) in [5, 5.41) is 3.56. The van der Waals surface area contributed by atoms with Crippen LogP contribution in [0.15, 0.2) is 47.7 Å². The van der Waals surface area contributed by atoms with Gasteiger partial charge in [0.25, 0.3) is 0 Å². The summed E-state index contributed by atoms with van der Waals surface area (Å²) in [6, 6.07) is 10.7. The van der Waals surface area contributed by atoms with Gasteiger partial charge >= 0.3 is 0 Å². The van der Waals surface area contributed by atoms with Crippen LogP contribution in [0.3, 0.4) is 0 Å². The Morgan fingerprint density at radius 2 is 1.89 bits per heavy atom. The van der Waals surface area contributed by atoms with Gasteiger partial charge in [-0.3, -0.25) is 4.99 Å². The Morgan fingerprint density at radius 3 is 2.61 bits per heavy atom. The maximum Gasteiger partial charge on any atom is 0.194 e. The summed E-state index contributed by atoms with van der Waals surface area (Å²) < 4.78 is 2.27. The number of likely N-dealkylation sites (tertiary alicyclic amines) is 1. The molecule has 5 nitrogen and oxygen atoms in total. The maximum atomic E-state index is 4.57. The summed E-state index contributed by atoms with van der Waals surface area (Å²) in [4.78, 5) is 11.6. The zero-order valence-corrected chi connectivity index (χ0v) is 17.1. The topological polar surface area (TPSA) is 45.5 Å². The molecule has 1 aromatic heterocycles. The van der Waals surface area contributed by atoms with E-state index in [1.54, 1.807) is 0 Å². The third-order valence-electron chi connectivity index (χ3n) is 6.40. The van der Waals surface area contributed by atoms with E-state index in [1.807, 2.05) is 13.2 Å². The van der Waals surface area contributed by atoms with Crippen LogP contribution in [-0.2, 0) is 19.5 Å². The van der Waals surface area contributed by atoms with E-state index in [1.165, 1.54) is 31.2 Å². The van der Waals surface area contributed by atoms with Crippen LogP contribution in [-0.4, -0.2) is 40.5 Å². The van der Waals surface area contributed by atoms with Gasteiger partial charge in [0.05, 0.1) is 6.54 Å². The van der Waals surface area contributed by atoms with E-state index >= 15 is 0 Å². The Balaban J connectivity index is 1.28. The normalized spacial score (nSPS) is 22.3. The lowest BCUT2D eigenvalue weighted by molar-refractivity contribution is 0.299. The van der Waals surface area contributed by atoms with E-state index in [-0.39, 0.29) is 0 Å². The molecule has 2 atom stereocenters. The summed E-state index contributed by atoms with van der Waals surface area (Å²) in [5.41, 5.74) is 1.40. The maximum absolute atomic E-state index is 4.57. The van der Waals surface area contributed by atoms with Gasteiger partial charge in [-0.1, -0.05) is 43.2 Å². The quantitative estimate of drug-likeness (QED) is 0.615. The van der Waals surface area contributed by atoms with Crippen molar-refractivity contribution in [3.8, 4) is 0 Å². The highest BCUT2D eigenvalue weighted by Crippen LogP contribution is 2.35. The van der Waals surface area contributed by atoms with E-state index in [0.29, 0.717) is 0 Å². The lowest BCUT2D eigenvalue weighted by atomic mass is 9.82. The molecule has 2 heterocycles. The average molecular weight is 380 g/mol. The smallest absolute Gasteiger partial charge is 0.194 e. The molecule has 0 spiro atoms. The van der Waals surface area contributed by atoms with E-state index < -0.39 is 0 Å². The van der Waals surface area contributed by atoms with Gasteiger partial charge in [-0.05, 0) is 43.1 Å². The lowest BCUT2D eigenvalue weighted by Crippen LogP contribution is -2.40. The summed E-state index contributed by atoms with van der Waals surface area (Å²) in [7, 11) is 1.90. The molecule has 1 aromatic carbocycles. The molecule has 0 amide bonds. The molecule has 150 valence electrons. The number of aromatic nitrogens is 2. The van der Waals surface area contributed by atoms with Gasteiger partial charge in [-0.25, -0.2) is 4.98 Å². The second kappa shape index (κ2) is 9.26. The molecular weight excluding hydrogens is 346 g/mol. The summed E-state index contributed by atoms with van der Waals surface area (Å²) in [6.07, 6.45) is 11.8. The molecule has 1 saturated heterocycles. The molecule has 1 N–H and O–H groups in total. The number of hydrogen-bond acceptors (Lipinski definition) is 2. The number of aliphatic imine (C=N–C) groups is 1. The second-order valence-corrected chi connectivity index (χ2v) is 8.24. The number of rotatable bonds is 6. The van der Waals surface area contributed by atoms with Gasteiger partial charge in [0, 0.05) is 39.1 Å². The molecule has 1 saturated carbocycles. The Kier molecular flexibility index (Phi) is 6.30. The monoisotopic (exact) mass is 379 g/mol. The van der Waals surface area contributed by atoms with Crippen molar-refractivity contribution in [2.75, 3.05) is 20.1 Å². The second-order valence-electron chi connectivity index (χ2n) is 8.24. The number of benzene rings is 1. The average Bonchev–Trinajstić information content (AvgIpc) is 3.36. The van der Waals surface area contributed by atoms with Crippen molar-refractivity contribution in [2.24, 2.45) is 16.8 Å². The molecule has 2 aromatic rings. The van der Waals surface area contributed by atoms with Gasteiger partial charge in [0.2, 0.25) is 0 Å². The molecule has 2 aliphatic rings. The Hall–Kier alpha value is -2.30. The van der Waals surface area contributed by atoms with Gasteiger partial charge in [0.1, 0.15) is 5.82 Å². The van der Waals surface area contributed by atoms with Crippen molar-refractivity contribution in [3.05, 3.63) is 54.1 Å². The minimum absolute atomic E-state index is 0.733. The molecule has 28 heavy (non-hydrogen) atoms. The van der Waals surface area contributed by atoms with Crippen LogP contribution in [0.25, 0.3) is 0 Å². The molecular formula is C23H33N5. The number of aryl methyl sites for hydroxylation is 2. The fraction of sp³-hybridized carbons (Fsp3) is 0.565. The fourth-order valence-corrected chi connectivity index (χ4v) is 4.88. The predicted molar refractivity (Wildman–Crippen MR) is 114 cm³/mol. The number of hydrogen-bond donors (Lipinski definition) is 1. The first-order chi connectivity index (χ1) is 13.8. The highest BCUT2D eigenvalue weighted by atomic mass is 15.3. The van der Waals surface area contributed by atoms with Crippen LogP contribution in [0, 0.1) is 11.8 Å². The summed E-state index contributed by atoms with van der Waals surface area (Å²) in [6.45, 7) is 4.06. The van der Waals surface area contributed by atoms with Crippen LogP contribution in [0.5, 0.6) is 0 Å². The Morgan fingerprint density at radius 1 is 1.14 bits per heavy atom. The van der Waals surface area contributed by atoms with E-state index in [9.17, 15) is 0 Å². The molecule has 4 rings (SSSR count). The number of nitrogens with one attached hydrogen (secondary N) is 1. The van der Waals surface area contributed by atoms with Gasteiger partial charge in [-0.15, -0.1) is 0 Å². The van der Waals surface area contributed by atoms with Crippen molar-refractivity contribution >= 4 is 5.96 Å². The van der Waals surface area contributed by atoms with Crippen molar-refractivity contribution in [2.45, 2.75) is 51.6 Å². The van der Waals surface area contributed by atoms with Gasteiger partial charge in [-0.2, -0.15) is 0 Å². The summed E-state index contributed by atoms with van der Waals surface area (Å²) >= 11 is 0. The standard InChI is InChI=1S/C23H33N5/c1-24-23(28-17-20-11-5-6-12-21(20)18-28)26-16-22-25-13-15-27(22)14-7-10-19-8-3-2-4-9-19/h2-4,8-9,13,15,20-21H,5-7,10-12,14,16-18H2,1H3,(H,24,26). The number of guanidine groups is 1. The van der Waals surface area contributed by atoms with Crippen LogP contribution in [0.1, 0.15) is 43.5 Å². The summed E-state index contributed by atoms with van der Waals surface area (Å²) in [5.74, 6) is 3.86. The zero-order valence-electron chi connectivity index (χ0n) is 17.1. The van der Waals surface area contributed by atoms with Gasteiger partial charge < -0.3 is 14.8 Å². The van der Waals surface area contributed by atoms with Crippen molar-refractivity contribution in [1.29, 1.82) is 0 Å². The van der Waals surface area contributed by atoms with Crippen LogP contribution < -0.4 is 5.32 Å². The minimum atomic E-state index is 0.733. The number of nitrogens with zero attached hydrogens (tertiary/aromatic N) is 4. The van der Waals surface area contributed by atoms with Crippen molar-refractivity contribution in [3.63, 3.8) is 0 Å². The Bertz CT molecular complexity index is 752. The molecule has 2 unspecified atom stereocenters. The predicted octanol–water partition coefficient (Wildman–Crippen LogP) is 3.71. The molecule has 0 radical (unpaired) electrons. The number of fused-ring (bicyclic) bond motifs is 1. The van der Waals surface area contributed by atoms with E-state index in [0.717, 1.165) is 62.6 Å². The molecule has 2 fully saturated rings. The highest BCUT2D eigenvalue weighted by molar-refractivity contribution is 5.80. The Labute approximate surface area is 168 Å². The minimum Gasteiger partial charge on any atom is -0.349 e. The van der Waals surface area contributed by atoms with E-state index in [2.05, 4.69) is 61.3 Å². The third kappa shape index (κ3) is 4.57. The van der Waals surface area contributed by atoms with Crippen molar-refractivity contribution < 1.29 is 0 Å². The first-order valence-corrected chi connectivity index (χ1v) is 10.8. The van der Waals surface area contributed by atoms with Crippen molar-refractivity contribution in [1.82, 2.24) is 19.8 Å². The van der Waals surface area contributed by atoms with Crippen LogP contribution in [0.4, 0.5) is 0 Å². The molecule has 0 bridgehead atoms. The third-order valence-corrected chi connectivity index (χ3v) is 6.40. The SMILES string of the molecule is CN=C(NCc1nccn1CCCc1ccccc1)N1CC2CCCCC2C1. The molecule has 1 aliphatic heterocycles. The first-order valence-electron chi connectivity index (χ1n) is 10.8. The van der Waals surface area contributed by atoms with E-state index in [4.69, 9.17) is 0 Å². The van der Waals surface area contributed by atoms with Gasteiger partial charge in [0.15, 0.2) is 5.96 Å². The highest BCUT2D eigenvalue weighted by Gasteiger charge is 2.35. The largest absolute Gasteiger partial charge is 0.349 e. The lowest BCUT2D eigenvalue weighted by Gasteiger charge is -2.22. The number of imidazole rings is 1. The molecule has 5 heteroatoms. The fourth-order valence-electron chi connectivity index (χ4n) is 4.88. The zero-order chi connectivity index (χ0) is 19.2. The first kappa shape index (κ1) is 19.0. The molecule has 1 aliphatic carbocycles.